The molecule has 106 valence electrons. The zero-order valence-corrected chi connectivity index (χ0v) is 12.8. The highest BCUT2D eigenvalue weighted by Gasteiger charge is 2.05. The standard InChI is InChI=1S/C15H19ClN4/c1-4-8-17-14-9-15(19-11(3)18-14)20-13-7-5-6-12(16)10(13)2/h5-7,9H,4,8H2,1-3H3,(H2,17,18,19,20). The van der Waals surface area contributed by atoms with Gasteiger partial charge in [-0.2, -0.15) is 0 Å². The van der Waals surface area contributed by atoms with Crippen LogP contribution < -0.4 is 10.6 Å². The van der Waals surface area contributed by atoms with Crippen LogP contribution in [0.3, 0.4) is 0 Å². The van der Waals surface area contributed by atoms with Gasteiger partial charge in [0.1, 0.15) is 17.5 Å². The maximum Gasteiger partial charge on any atom is 0.136 e. The highest BCUT2D eigenvalue weighted by atomic mass is 35.5. The summed E-state index contributed by atoms with van der Waals surface area (Å²) in [7, 11) is 0. The second-order valence-corrected chi connectivity index (χ2v) is 5.06. The van der Waals surface area contributed by atoms with Gasteiger partial charge in [-0.3, -0.25) is 0 Å². The zero-order valence-electron chi connectivity index (χ0n) is 12.0. The van der Waals surface area contributed by atoms with Crippen molar-refractivity contribution in [2.75, 3.05) is 17.2 Å². The van der Waals surface area contributed by atoms with Crippen LogP contribution in [0.25, 0.3) is 0 Å². The number of anilines is 3. The zero-order chi connectivity index (χ0) is 14.5. The third-order valence-corrected chi connectivity index (χ3v) is 3.33. The molecular formula is C15H19ClN4. The van der Waals surface area contributed by atoms with Crippen LogP contribution in [-0.4, -0.2) is 16.5 Å². The summed E-state index contributed by atoms with van der Waals surface area (Å²) in [5.41, 5.74) is 1.96. The predicted octanol–water partition coefficient (Wildman–Crippen LogP) is 4.31. The van der Waals surface area contributed by atoms with E-state index in [1.165, 1.54) is 0 Å². The lowest BCUT2D eigenvalue weighted by molar-refractivity contribution is 0.955. The molecule has 2 rings (SSSR count). The normalized spacial score (nSPS) is 10.4. The van der Waals surface area contributed by atoms with Gasteiger partial charge in [0.15, 0.2) is 0 Å². The minimum atomic E-state index is 0.730. The summed E-state index contributed by atoms with van der Waals surface area (Å²) < 4.78 is 0. The van der Waals surface area contributed by atoms with E-state index in [2.05, 4.69) is 27.5 Å². The molecule has 0 aliphatic rings. The molecule has 0 bridgehead atoms. The fraction of sp³-hybridized carbons (Fsp3) is 0.333. The van der Waals surface area contributed by atoms with Gasteiger partial charge in [0.2, 0.25) is 0 Å². The van der Waals surface area contributed by atoms with E-state index in [-0.39, 0.29) is 0 Å². The van der Waals surface area contributed by atoms with Crippen LogP contribution in [0, 0.1) is 13.8 Å². The van der Waals surface area contributed by atoms with Gasteiger partial charge in [-0.15, -0.1) is 0 Å². The van der Waals surface area contributed by atoms with E-state index in [1.807, 2.05) is 38.1 Å². The van der Waals surface area contributed by atoms with Gasteiger partial charge >= 0.3 is 0 Å². The maximum absolute atomic E-state index is 6.13. The third-order valence-electron chi connectivity index (χ3n) is 2.92. The van der Waals surface area contributed by atoms with Crippen molar-refractivity contribution in [1.82, 2.24) is 9.97 Å². The van der Waals surface area contributed by atoms with E-state index in [0.717, 1.165) is 46.7 Å². The molecule has 0 saturated carbocycles. The minimum Gasteiger partial charge on any atom is -0.370 e. The van der Waals surface area contributed by atoms with Crippen LogP contribution in [0.4, 0.5) is 17.3 Å². The Morgan fingerprint density at radius 2 is 1.90 bits per heavy atom. The Labute approximate surface area is 124 Å². The molecule has 1 heterocycles. The van der Waals surface area contributed by atoms with Crippen molar-refractivity contribution in [2.24, 2.45) is 0 Å². The molecule has 0 aliphatic heterocycles. The summed E-state index contributed by atoms with van der Waals surface area (Å²) in [4.78, 5) is 8.77. The minimum absolute atomic E-state index is 0.730. The number of halogens is 1. The smallest absolute Gasteiger partial charge is 0.136 e. The maximum atomic E-state index is 6.13. The number of aryl methyl sites for hydroxylation is 1. The van der Waals surface area contributed by atoms with Crippen molar-refractivity contribution in [3.8, 4) is 0 Å². The van der Waals surface area contributed by atoms with E-state index in [0.29, 0.717) is 0 Å². The molecule has 20 heavy (non-hydrogen) atoms. The van der Waals surface area contributed by atoms with E-state index >= 15 is 0 Å². The molecule has 1 aromatic carbocycles. The Morgan fingerprint density at radius 3 is 2.65 bits per heavy atom. The molecule has 0 unspecified atom stereocenters. The fourth-order valence-electron chi connectivity index (χ4n) is 1.86. The monoisotopic (exact) mass is 290 g/mol. The number of nitrogens with one attached hydrogen (secondary N) is 2. The first kappa shape index (κ1) is 14.6. The number of hydrogen-bond acceptors (Lipinski definition) is 4. The van der Waals surface area contributed by atoms with Crippen molar-refractivity contribution >= 4 is 28.9 Å². The lowest BCUT2D eigenvalue weighted by Crippen LogP contribution is -2.05. The van der Waals surface area contributed by atoms with Gasteiger partial charge in [0.25, 0.3) is 0 Å². The molecule has 5 heteroatoms. The molecule has 4 nitrogen and oxygen atoms in total. The predicted molar refractivity (Wildman–Crippen MR) is 85.0 cm³/mol. The molecule has 0 amide bonds. The topological polar surface area (TPSA) is 49.8 Å². The Kier molecular flexibility index (Phi) is 4.79. The largest absolute Gasteiger partial charge is 0.370 e. The molecule has 0 spiro atoms. The summed E-state index contributed by atoms with van der Waals surface area (Å²) in [6.45, 7) is 6.88. The van der Waals surface area contributed by atoms with Crippen LogP contribution >= 0.6 is 11.6 Å². The van der Waals surface area contributed by atoms with Gasteiger partial charge in [-0.05, 0) is 38.0 Å². The number of benzene rings is 1. The Balaban J connectivity index is 2.24. The second-order valence-electron chi connectivity index (χ2n) is 4.65. The summed E-state index contributed by atoms with van der Waals surface area (Å²) in [6.07, 6.45) is 1.05. The molecule has 2 aromatic rings. The van der Waals surface area contributed by atoms with Gasteiger partial charge in [-0.1, -0.05) is 24.6 Å². The Morgan fingerprint density at radius 1 is 1.15 bits per heavy atom. The van der Waals surface area contributed by atoms with E-state index < -0.39 is 0 Å². The number of hydrogen-bond donors (Lipinski definition) is 2. The van der Waals surface area contributed by atoms with Gasteiger partial charge in [0, 0.05) is 23.3 Å². The highest BCUT2D eigenvalue weighted by Crippen LogP contribution is 2.26. The molecular weight excluding hydrogens is 272 g/mol. The number of rotatable bonds is 5. The third kappa shape index (κ3) is 3.61. The van der Waals surface area contributed by atoms with Crippen LogP contribution in [0.2, 0.25) is 5.02 Å². The first-order valence-corrected chi connectivity index (χ1v) is 7.09. The molecule has 0 radical (unpaired) electrons. The molecule has 0 atom stereocenters. The number of aromatic nitrogens is 2. The first-order chi connectivity index (χ1) is 9.60. The fourth-order valence-corrected chi connectivity index (χ4v) is 2.03. The molecule has 0 saturated heterocycles. The van der Waals surface area contributed by atoms with Crippen LogP contribution in [0.1, 0.15) is 24.7 Å². The van der Waals surface area contributed by atoms with Crippen molar-refractivity contribution in [2.45, 2.75) is 27.2 Å². The van der Waals surface area contributed by atoms with Gasteiger partial charge in [-0.25, -0.2) is 9.97 Å². The highest BCUT2D eigenvalue weighted by molar-refractivity contribution is 6.31. The molecule has 2 N–H and O–H groups in total. The second kappa shape index (κ2) is 6.57. The van der Waals surface area contributed by atoms with Crippen molar-refractivity contribution in [1.29, 1.82) is 0 Å². The van der Waals surface area contributed by atoms with Crippen LogP contribution in [0.5, 0.6) is 0 Å². The SMILES string of the molecule is CCCNc1cc(Nc2cccc(Cl)c2C)nc(C)n1. The number of nitrogens with zero attached hydrogens (tertiary/aromatic N) is 2. The molecule has 0 aliphatic carbocycles. The lowest BCUT2D eigenvalue weighted by Gasteiger charge is -2.12. The summed E-state index contributed by atoms with van der Waals surface area (Å²) in [5, 5.41) is 7.31. The first-order valence-electron chi connectivity index (χ1n) is 6.72. The molecule has 0 fully saturated rings. The summed E-state index contributed by atoms with van der Waals surface area (Å²) >= 11 is 6.13. The Bertz CT molecular complexity index is 598. The van der Waals surface area contributed by atoms with Crippen LogP contribution in [0.15, 0.2) is 24.3 Å². The average Bonchev–Trinajstić information content (AvgIpc) is 2.41. The van der Waals surface area contributed by atoms with Crippen molar-refractivity contribution < 1.29 is 0 Å². The van der Waals surface area contributed by atoms with Gasteiger partial charge < -0.3 is 10.6 Å². The lowest BCUT2D eigenvalue weighted by atomic mass is 10.2. The quantitative estimate of drug-likeness (QED) is 0.861. The van der Waals surface area contributed by atoms with E-state index in [1.54, 1.807) is 0 Å². The molecule has 1 aromatic heterocycles. The van der Waals surface area contributed by atoms with E-state index in [4.69, 9.17) is 11.6 Å². The summed E-state index contributed by atoms with van der Waals surface area (Å²) in [5.74, 6) is 2.33. The van der Waals surface area contributed by atoms with Crippen LogP contribution in [-0.2, 0) is 0 Å². The van der Waals surface area contributed by atoms with E-state index in [9.17, 15) is 0 Å². The van der Waals surface area contributed by atoms with Gasteiger partial charge in [0.05, 0.1) is 0 Å². The summed E-state index contributed by atoms with van der Waals surface area (Å²) in [6, 6.07) is 7.68. The Hall–Kier alpha value is -1.81. The van der Waals surface area contributed by atoms with Crippen molar-refractivity contribution in [3.63, 3.8) is 0 Å². The van der Waals surface area contributed by atoms with Crippen molar-refractivity contribution in [3.05, 3.63) is 40.7 Å². The average molecular weight is 291 g/mol.